The van der Waals surface area contributed by atoms with Gasteiger partial charge in [0.05, 0.1) is 11.7 Å². The number of ether oxygens (including phenoxy) is 1. The number of carbonyl (C=O) groups excluding carboxylic acids is 1. The summed E-state index contributed by atoms with van der Waals surface area (Å²) < 4.78 is 6.61. The van der Waals surface area contributed by atoms with Gasteiger partial charge in [-0.2, -0.15) is 4.98 Å². The highest BCUT2D eigenvalue weighted by molar-refractivity contribution is 6.33. The molecular formula is C16H13Cl2N5O3. The molecule has 1 amide bonds. The van der Waals surface area contributed by atoms with Crippen LogP contribution in [0.2, 0.25) is 10.3 Å². The molecule has 3 rings (SSSR count). The summed E-state index contributed by atoms with van der Waals surface area (Å²) in [5.74, 6) is -0.294. The molecule has 0 unspecified atom stereocenters. The summed E-state index contributed by atoms with van der Waals surface area (Å²) in [4.78, 5) is 31.0. The standard InChI is InChI=1S/C16H13Cl2N5O3/c1-23-11-3-2-9(21-14-10(17)6-20-16(18)22-14)4-8(11)5-12(15(23)25)26-7-13(19)24/h2-6H,7H2,1H3,(H2,19,24)(H,20,21,22). The van der Waals surface area contributed by atoms with E-state index < -0.39 is 5.91 Å². The molecule has 2 aromatic heterocycles. The SMILES string of the molecule is Cn1c(=O)c(OCC(N)=O)cc2cc(Nc3nc(Cl)ncc3Cl)ccc21. The molecule has 0 saturated heterocycles. The fourth-order valence-electron chi connectivity index (χ4n) is 2.35. The molecule has 3 aromatic rings. The number of hydrogen-bond donors (Lipinski definition) is 2. The zero-order valence-corrected chi connectivity index (χ0v) is 15.0. The number of rotatable bonds is 5. The molecule has 0 saturated carbocycles. The first kappa shape index (κ1) is 18.0. The minimum atomic E-state index is -0.669. The summed E-state index contributed by atoms with van der Waals surface area (Å²) in [5, 5.41) is 4.10. The highest BCUT2D eigenvalue weighted by Crippen LogP contribution is 2.26. The lowest BCUT2D eigenvalue weighted by Gasteiger charge is -2.12. The van der Waals surface area contributed by atoms with Gasteiger partial charge in [-0.25, -0.2) is 4.98 Å². The molecule has 0 atom stereocenters. The Hall–Kier alpha value is -2.84. The molecule has 10 heteroatoms. The third-order valence-corrected chi connectivity index (χ3v) is 4.00. The molecule has 3 N–H and O–H groups in total. The van der Waals surface area contributed by atoms with Crippen LogP contribution in [0.3, 0.4) is 0 Å². The molecule has 0 bridgehead atoms. The van der Waals surface area contributed by atoms with Crippen LogP contribution in [-0.4, -0.2) is 27.0 Å². The van der Waals surface area contributed by atoms with Gasteiger partial charge < -0.3 is 20.4 Å². The largest absolute Gasteiger partial charge is 0.478 e. The third-order valence-electron chi connectivity index (χ3n) is 3.54. The first-order chi connectivity index (χ1) is 12.3. The lowest BCUT2D eigenvalue weighted by Crippen LogP contribution is -2.25. The third kappa shape index (κ3) is 3.71. The van der Waals surface area contributed by atoms with Crippen molar-refractivity contribution < 1.29 is 9.53 Å². The van der Waals surface area contributed by atoms with Gasteiger partial charge in [-0.15, -0.1) is 0 Å². The van der Waals surface area contributed by atoms with Crippen molar-refractivity contribution in [3.63, 3.8) is 0 Å². The maximum atomic E-state index is 12.3. The van der Waals surface area contributed by atoms with Crippen LogP contribution in [0, 0.1) is 0 Å². The monoisotopic (exact) mass is 393 g/mol. The fourth-order valence-corrected chi connectivity index (χ4v) is 2.62. The highest BCUT2D eigenvalue weighted by atomic mass is 35.5. The summed E-state index contributed by atoms with van der Waals surface area (Å²) in [7, 11) is 1.61. The van der Waals surface area contributed by atoms with Gasteiger partial charge in [0.25, 0.3) is 11.5 Å². The molecule has 134 valence electrons. The van der Waals surface area contributed by atoms with Crippen LogP contribution in [0.15, 0.2) is 35.3 Å². The van der Waals surface area contributed by atoms with Crippen molar-refractivity contribution in [1.82, 2.24) is 14.5 Å². The summed E-state index contributed by atoms with van der Waals surface area (Å²) in [6.07, 6.45) is 1.39. The van der Waals surface area contributed by atoms with Gasteiger partial charge >= 0.3 is 0 Å². The molecule has 0 aliphatic heterocycles. The van der Waals surface area contributed by atoms with Gasteiger partial charge in [0.2, 0.25) is 5.28 Å². The second kappa shape index (κ2) is 7.19. The lowest BCUT2D eigenvalue weighted by atomic mass is 10.2. The van der Waals surface area contributed by atoms with Crippen LogP contribution >= 0.6 is 23.2 Å². The molecule has 26 heavy (non-hydrogen) atoms. The van der Waals surface area contributed by atoms with Crippen molar-refractivity contribution >= 4 is 51.5 Å². The van der Waals surface area contributed by atoms with Crippen molar-refractivity contribution in [3.8, 4) is 5.75 Å². The van der Waals surface area contributed by atoms with Gasteiger partial charge in [-0.1, -0.05) is 11.6 Å². The van der Waals surface area contributed by atoms with Gasteiger partial charge in [0.1, 0.15) is 5.02 Å². The number of carbonyl (C=O) groups is 1. The number of aromatic nitrogens is 3. The normalized spacial score (nSPS) is 10.7. The van der Waals surface area contributed by atoms with Crippen molar-refractivity contribution in [2.45, 2.75) is 0 Å². The number of fused-ring (bicyclic) bond motifs is 1. The van der Waals surface area contributed by atoms with Crippen LogP contribution in [0.25, 0.3) is 10.9 Å². The van der Waals surface area contributed by atoms with E-state index in [-0.39, 0.29) is 23.2 Å². The molecule has 0 radical (unpaired) electrons. The van der Waals surface area contributed by atoms with E-state index >= 15 is 0 Å². The van der Waals surface area contributed by atoms with E-state index in [1.54, 1.807) is 31.3 Å². The highest BCUT2D eigenvalue weighted by Gasteiger charge is 2.11. The Morgan fingerprint density at radius 3 is 2.85 bits per heavy atom. The summed E-state index contributed by atoms with van der Waals surface area (Å²) in [6, 6.07) is 6.84. The minimum Gasteiger partial charge on any atom is -0.478 e. The number of anilines is 2. The quantitative estimate of drug-likeness (QED) is 0.642. The second-order valence-corrected chi connectivity index (χ2v) is 6.11. The molecule has 8 nitrogen and oxygen atoms in total. The first-order valence-corrected chi connectivity index (χ1v) is 8.10. The van der Waals surface area contributed by atoms with Crippen molar-refractivity contribution in [3.05, 3.63) is 51.1 Å². The number of amides is 1. The molecule has 0 aliphatic rings. The van der Waals surface area contributed by atoms with E-state index in [9.17, 15) is 9.59 Å². The van der Waals surface area contributed by atoms with Crippen molar-refractivity contribution in [2.24, 2.45) is 12.8 Å². The smallest absolute Gasteiger partial charge is 0.293 e. The van der Waals surface area contributed by atoms with Crippen LogP contribution in [-0.2, 0) is 11.8 Å². The number of nitrogens with one attached hydrogen (secondary N) is 1. The van der Waals surface area contributed by atoms with E-state index in [1.165, 1.54) is 10.8 Å². The predicted octanol–water partition coefficient (Wildman–Crippen LogP) is 2.24. The molecule has 2 heterocycles. The summed E-state index contributed by atoms with van der Waals surface area (Å²) >= 11 is 11.8. The Balaban J connectivity index is 2.01. The Morgan fingerprint density at radius 2 is 2.12 bits per heavy atom. The van der Waals surface area contributed by atoms with E-state index in [1.807, 2.05) is 0 Å². The number of halogens is 2. The van der Waals surface area contributed by atoms with E-state index in [2.05, 4.69) is 15.3 Å². The molecule has 0 spiro atoms. The van der Waals surface area contributed by atoms with Crippen molar-refractivity contribution in [2.75, 3.05) is 11.9 Å². The van der Waals surface area contributed by atoms with Crippen LogP contribution in [0.5, 0.6) is 5.75 Å². The topological polar surface area (TPSA) is 112 Å². The number of pyridine rings is 1. The molecular weight excluding hydrogens is 381 g/mol. The number of nitrogens with two attached hydrogens (primary N) is 1. The van der Waals surface area contributed by atoms with Gasteiger partial charge in [-0.05, 0) is 35.9 Å². The number of hydrogen-bond acceptors (Lipinski definition) is 6. The fraction of sp³-hybridized carbons (Fsp3) is 0.125. The Bertz CT molecular complexity index is 1070. The average molecular weight is 394 g/mol. The predicted molar refractivity (Wildman–Crippen MR) is 99.2 cm³/mol. The average Bonchev–Trinajstić information content (AvgIpc) is 2.60. The van der Waals surface area contributed by atoms with E-state index in [0.29, 0.717) is 27.4 Å². The number of primary amides is 1. The van der Waals surface area contributed by atoms with Crippen LogP contribution in [0.4, 0.5) is 11.5 Å². The first-order valence-electron chi connectivity index (χ1n) is 7.35. The Labute approximate surface area is 157 Å². The Kier molecular flexibility index (Phi) is 4.97. The zero-order valence-electron chi connectivity index (χ0n) is 13.5. The van der Waals surface area contributed by atoms with E-state index in [4.69, 9.17) is 33.7 Å². The Morgan fingerprint density at radius 1 is 1.35 bits per heavy atom. The van der Waals surface area contributed by atoms with Gasteiger partial charge in [-0.3, -0.25) is 9.59 Å². The molecule has 0 aliphatic carbocycles. The lowest BCUT2D eigenvalue weighted by molar-refractivity contribution is -0.119. The maximum absolute atomic E-state index is 12.3. The summed E-state index contributed by atoms with van der Waals surface area (Å²) in [5.41, 5.74) is 6.03. The molecule has 0 fully saturated rings. The van der Waals surface area contributed by atoms with Gasteiger partial charge in [0.15, 0.2) is 18.2 Å². The van der Waals surface area contributed by atoms with Crippen LogP contribution in [0.1, 0.15) is 0 Å². The molecule has 1 aromatic carbocycles. The van der Waals surface area contributed by atoms with Crippen molar-refractivity contribution in [1.29, 1.82) is 0 Å². The van der Waals surface area contributed by atoms with Gasteiger partial charge in [0, 0.05) is 18.1 Å². The van der Waals surface area contributed by atoms with Crippen LogP contribution < -0.4 is 21.3 Å². The number of aryl methyl sites for hydroxylation is 1. The summed E-state index contributed by atoms with van der Waals surface area (Å²) in [6.45, 7) is -0.381. The second-order valence-electron chi connectivity index (χ2n) is 5.36. The minimum absolute atomic E-state index is 0.0269. The van der Waals surface area contributed by atoms with E-state index in [0.717, 1.165) is 0 Å². The number of nitrogens with zero attached hydrogens (tertiary/aromatic N) is 3. The maximum Gasteiger partial charge on any atom is 0.293 e. The zero-order chi connectivity index (χ0) is 18.8. The number of benzene rings is 1.